The average Bonchev–Trinajstić information content (AvgIpc) is 3.11. The number of hydrogen-bond donors (Lipinski definition) is 1. The number of amides is 1. The molecule has 2 heterocycles. The molecule has 0 bridgehead atoms. The number of carbonyl (C=O) groups excluding carboxylic acids is 1. The van der Waals surface area contributed by atoms with Crippen LogP contribution < -0.4 is 5.32 Å². The summed E-state index contributed by atoms with van der Waals surface area (Å²) < 4.78 is 7.46. The van der Waals surface area contributed by atoms with Gasteiger partial charge in [-0.15, -0.1) is 0 Å². The van der Waals surface area contributed by atoms with Gasteiger partial charge in [-0.3, -0.25) is 9.48 Å². The second kappa shape index (κ2) is 8.62. The number of rotatable bonds is 7. The number of ether oxygens (including phenoxy) is 1. The van der Waals surface area contributed by atoms with Crippen molar-refractivity contribution < 1.29 is 9.53 Å². The summed E-state index contributed by atoms with van der Waals surface area (Å²) in [6, 6.07) is 6.08. The van der Waals surface area contributed by atoms with E-state index in [4.69, 9.17) is 4.74 Å². The van der Waals surface area contributed by atoms with Gasteiger partial charge in [-0.25, -0.2) is 0 Å². The fourth-order valence-corrected chi connectivity index (χ4v) is 3.80. The van der Waals surface area contributed by atoms with E-state index in [0.717, 1.165) is 49.9 Å². The molecule has 1 aliphatic rings. The lowest BCUT2D eigenvalue weighted by molar-refractivity contribution is -0.0145. The molecular formula is C22H34N4O2. The first-order valence-electron chi connectivity index (χ1n) is 10.3. The van der Waals surface area contributed by atoms with E-state index >= 15 is 0 Å². The summed E-state index contributed by atoms with van der Waals surface area (Å²) in [5, 5.41) is 8.77. The maximum atomic E-state index is 12.8. The van der Waals surface area contributed by atoms with Crippen molar-refractivity contribution in [2.45, 2.75) is 52.2 Å². The van der Waals surface area contributed by atoms with E-state index in [1.54, 1.807) is 7.11 Å². The van der Waals surface area contributed by atoms with Crippen molar-refractivity contribution >= 4 is 16.8 Å². The second-order valence-electron chi connectivity index (χ2n) is 8.84. The highest BCUT2D eigenvalue weighted by Crippen LogP contribution is 2.21. The summed E-state index contributed by atoms with van der Waals surface area (Å²) in [6.45, 7) is 12.2. The predicted octanol–water partition coefficient (Wildman–Crippen LogP) is 3.48. The zero-order chi connectivity index (χ0) is 20.3. The van der Waals surface area contributed by atoms with Crippen LogP contribution >= 0.6 is 0 Å². The van der Waals surface area contributed by atoms with Crippen LogP contribution in [-0.4, -0.2) is 59.5 Å². The van der Waals surface area contributed by atoms with Crippen LogP contribution in [0.15, 0.2) is 24.4 Å². The van der Waals surface area contributed by atoms with Crippen molar-refractivity contribution in [1.29, 1.82) is 0 Å². The second-order valence-corrected chi connectivity index (χ2v) is 8.84. The molecule has 0 aliphatic carbocycles. The van der Waals surface area contributed by atoms with Gasteiger partial charge < -0.3 is 15.0 Å². The first kappa shape index (κ1) is 20.8. The molecule has 1 aromatic carbocycles. The van der Waals surface area contributed by atoms with Gasteiger partial charge in [0.2, 0.25) is 0 Å². The number of methoxy groups -OCH3 is 1. The Balaban J connectivity index is 1.55. The van der Waals surface area contributed by atoms with Gasteiger partial charge in [0, 0.05) is 37.8 Å². The lowest BCUT2D eigenvalue weighted by Gasteiger charge is -2.36. The maximum Gasteiger partial charge on any atom is 0.253 e. The molecule has 1 N–H and O–H groups in total. The molecular weight excluding hydrogens is 352 g/mol. The monoisotopic (exact) mass is 386 g/mol. The number of nitrogens with one attached hydrogen (secondary N) is 1. The Morgan fingerprint density at radius 2 is 2.04 bits per heavy atom. The molecule has 28 heavy (non-hydrogen) atoms. The van der Waals surface area contributed by atoms with E-state index in [0.29, 0.717) is 11.5 Å². The smallest absolute Gasteiger partial charge is 0.253 e. The van der Waals surface area contributed by atoms with E-state index in [1.807, 2.05) is 29.1 Å². The molecule has 6 heteroatoms. The molecule has 1 saturated heterocycles. The molecule has 0 atom stereocenters. The number of carbonyl (C=O) groups is 1. The minimum absolute atomic E-state index is 0.0254. The zero-order valence-electron chi connectivity index (χ0n) is 17.9. The van der Waals surface area contributed by atoms with Gasteiger partial charge in [0.1, 0.15) is 5.52 Å². The Kier molecular flexibility index (Phi) is 6.40. The van der Waals surface area contributed by atoms with Crippen LogP contribution in [0.1, 0.15) is 56.9 Å². The summed E-state index contributed by atoms with van der Waals surface area (Å²) in [7, 11) is 1.77. The maximum absolute atomic E-state index is 12.8. The van der Waals surface area contributed by atoms with Crippen LogP contribution in [0.2, 0.25) is 0 Å². The van der Waals surface area contributed by atoms with Crippen molar-refractivity contribution in [2.24, 2.45) is 5.92 Å². The molecule has 0 saturated carbocycles. The predicted molar refractivity (Wildman–Crippen MR) is 113 cm³/mol. The summed E-state index contributed by atoms with van der Waals surface area (Å²) >= 11 is 0. The molecule has 154 valence electrons. The standard InChI is InChI=1S/C22H34N4O2/c1-16(2)26-14-18-7-6-8-19(20(18)24-26)21(27)23-13-17-9-11-25(12-10-17)15-22(3,4)28-5/h6-8,14,16-17H,9-13,15H2,1-5H3,(H,23,27). The van der Waals surface area contributed by atoms with Gasteiger partial charge in [0.25, 0.3) is 5.91 Å². The summed E-state index contributed by atoms with van der Waals surface area (Å²) in [4.78, 5) is 15.2. The normalized spacial score (nSPS) is 16.8. The van der Waals surface area contributed by atoms with Crippen molar-refractivity contribution in [1.82, 2.24) is 20.0 Å². The number of aromatic nitrogens is 2. The Morgan fingerprint density at radius 1 is 1.32 bits per heavy atom. The van der Waals surface area contributed by atoms with Gasteiger partial charge in [-0.1, -0.05) is 12.1 Å². The SMILES string of the molecule is COC(C)(C)CN1CCC(CNC(=O)c2cccc3cn(C(C)C)nc23)CC1. The highest BCUT2D eigenvalue weighted by atomic mass is 16.5. The molecule has 1 fully saturated rings. The molecule has 0 unspecified atom stereocenters. The highest BCUT2D eigenvalue weighted by Gasteiger charge is 2.26. The van der Waals surface area contributed by atoms with Crippen LogP contribution in [0.3, 0.4) is 0 Å². The minimum atomic E-state index is -0.112. The number of fused-ring (bicyclic) bond motifs is 1. The largest absolute Gasteiger partial charge is 0.377 e. The molecule has 1 aromatic heterocycles. The van der Waals surface area contributed by atoms with Crippen molar-refractivity contribution in [3.05, 3.63) is 30.0 Å². The van der Waals surface area contributed by atoms with Gasteiger partial charge in [-0.05, 0) is 65.6 Å². The lowest BCUT2D eigenvalue weighted by Crippen LogP contribution is -2.45. The molecule has 1 amide bonds. The fraction of sp³-hybridized carbons (Fsp3) is 0.636. The number of hydrogen-bond acceptors (Lipinski definition) is 4. The summed E-state index contributed by atoms with van der Waals surface area (Å²) in [5.41, 5.74) is 1.33. The van der Waals surface area contributed by atoms with Crippen LogP contribution in [0.5, 0.6) is 0 Å². The van der Waals surface area contributed by atoms with E-state index in [9.17, 15) is 4.79 Å². The van der Waals surface area contributed by atoms with Gasteiger partial charge >= 0.3 is 0 Å². The third kappa shape index (κ3) is 4.92. The van der Waals surface area contributed by atoms with Crippen molar-refractivity contribution in [3.63, 3.8) is 0 Å². The van der Waals surface area contributed by atoms with Crippen molar-refractivity contribution in [3.8, 4) is 0 Å². The van der Waals surface area contributed by atoms with Crippen LogP contribution in [0, 0.1) is 5.92 Å². The molecule has 2 aromatic rings. The molecule has 0 radical (unpaired) electrons. The summed E-state index contributed by atoms with van der Waals surface area (Å²) in [5.74, 6) is 0.501. The zero-order valence-corrected chi connectivity index (χ0v) is 17.9. The van der Waals surface area contributed by atoms with Crippen molar-refractivity contribution in [2.75, 3.05) is 33.3 Å². The number of likely N-dealkylation sites (tertiary alicyclic amines) is 1. The fourth-order valence-electron chi connectivity index (χ4n) is 3.80. The van der Waals surface area contributed by atoms with E-state index in [1.165, 1.54) is 0 Å². The van der Waals surface area contributed by atoms with E-state index in [-0.39, 0.29) is 17.6 Å². The Bertz CT molecular complexity index is 804. The van der Waals surface area contributed by atoms with Gasteiger partial charge in [0.15, 0.2) is 0 Å². The number of benzene rings is 1. The van der Waals surface area contributed by atoms with E-state index in [2.05, 4.69) is 43.0 Å². The number of piperidine rings is 1. The Labute approximate surface area is 168 Å². The average molecular weight is 387 g/mol. The third-order valence-corrected chi connectivity index (χ3v) is 5.74. The molecule has 3 rings (SSSR count). The van der Waals surface area contributed by atoms with Crippen LogP contribution in [0.25, 0.3) is 10.9 Å². The molecule has 0 spiro atoms. The minimum Gasteiger partial charge on any atom is -0.377 e. The lowest BCUT2D eigenvalue weighted by atomic mass is 9.95. The number of nitrogens with zero attached hydrogens (tertiary/aromatic N) is 3. The topological polar surface area (TPSA) is 59.4 Å². The molecule has 1 aliphatic heterocycles. The first-order chi connectivity index (χ1) is 13.3. The first-order valence-corrected chi connectivity index (χ1v) is 10.3. The van der Waals surface area contributed by atoms with Crippen LogP contribution in [-0.2, 0) is 4.74 Å². The Morgan fingerprint density at radius 3 is 2.68 bits per heavy atom. The Hall–Kier alpha value is -1.92. The van der Waals surface area contributed by atoms with Gasteiger partial charge in [-0.2, -0.15) is 5.10 Å². The highest BCUT2D eigenvalue weighted by molar-refractivity contribution is 6.05. The summed E-state index contributed by atoms with van der Waals surface area (Å²) in [6.07, 6.45) is 4.21. The van der Waals surface area contributed by atoms with E-state index < -0.39 is 0 Å². The van der Waals surface area contributed by atoms with Gasteiger partial charge in [0.05, 0.1) is 11.2 Å². The third-order valence-electron chi connectivity index (χ3n) is 5.74. The van der Waals surface area contributed by atoms with Crippen LogP contribution in [0.4, 0.5) is 0 Å². The molecule has 6 nitrogen and oxygen atoms in total. The quantitative estimate of drug-likeness (QED) is 0.791.